The first-order valence-corrected chi connectivity index (χ1v) is 9.36. The minimum absolute atomic E-state index is 0.318. The van der Waals surface area contributed by atoms with Crippen molar-refractivity contribution in [2.24, 2.45) is 0 Å². The number of anilines is 2. The van der Waals surface area contributed by atoms with Crippen molar-refractivity contribution >= 4 is 23.1 Å². The first-order valence-electron chi connectivity index (χ1n) is 8.13. The van der Waals surface area contributed by atoms with E-state index in [1.807, 2.05) is 38.3 Å². The molecule has 0 atom stereocenters. The van der Waals surface area contributed by atoms with Gasteiger partial charge in [0.05, 0.1) is 21.6 Å². The topological polar surface area (TPSA) is 51.0 Å². The summed E-state index contributed by atoms with van der Waals surface area (Å²) in [7, 11) is 0. The Labute approximate surface area is 159 Å². The predicted molar refractivity (Wildman–Crippen MR) is 101 cm³/mol. The first kappa shape index (κ1) is 19.3. The molecule has 8 heteroatoms. The molecular weight excluding hydrogens is 375 g/mol. The van der Waals surface area contributed by atoms with E-state index in [4.69, 9.17) is 4.42 Å². The van der Waals surface area contributed by atoms with Crippen LogP contribution in [-0.4, -0.2) is 16.5 Å². The highest BCUT2D eigenvalue weighted by atomic mass is 32.2. The molecule has 3 rings (SSSR count). The molecule has 142 valence electrons. The Morgan fingerprint density at radius 3 is 2.26 bits per heavy atom. The first-order chi connectivity index (χ1) is 12.7. The molecule has 1 heterocycles. The Balaban J connectivity index is 1.89. The standard InChI is InChI=1S/C19H18F3N3OS/c1-18(2,27-3)17-25-24-16(26-17)14-6-4-5-7-15(14)23-13-10-8-12(9-11-13)19(20,21)22/h4-11,23H,1-3H3. The van der Waals surface area contributed by atoms with E-state index in [2.05, 4.69) is 15.5 Å². The molecule has 0 aliphatic rings. The quantitative estimate of drug-likeness (QED) is 0.568. The van der Waals surface area contributed by atoms with Crippen LogP contribution in [0.4, 0.5) is 24.5 Å². The third-order valence-corrected chi connectivity index (χ3v) is 5.29. The third kappa shape index (κ3) is 4.27. The van der Waals surface area contributed by atoms with Crippen molar-refractivity contribution < 1.29 is 17.6 Å². The number of benzene rings is 2. The van der Waals surface area contributed by atoms with Gasteiger partial charge in [0.1, 0.15) is 0 Å². The summed E-state index contributed by atoms with van der Waals surface area (Å²) in [5.74, 6) is 0.858. The van der Waals surface area contributed by atoms with Gasteiger partial charge in [-0.25, -0.2) is 0 Å². The fraction of sp³-hybridized carbons (Fsp3) is 0.263. The molecule has 0 spiro atoms. The number of para-hydroxylation sites is 1. The van der Waals surface area contributed by atoms with Crippen LogP contribution in [0.2, 0.25) is 0 Å². The summed E-state index contributed by atoms with van der Waals surface area (Å²) in [5, 5.41) is 11.4. The maximum Gasteiger partial charge on any atom is 0.416 e. The Morgan fingerprint density at radius 1 is 0.963 bits per heavy atom. The molecule has 0 amide bonds. The van der Waals surface area contributed by atoms with Gasteiger partial charge in [0.15, 0.2) is 0 Å². The van der Waals surface area contributed by atoms with Crippen LogP contribution in [0, 0.1) is 0 Å². The van der Waals surface area contributed by atoms with Crippen molar-refractivity contribution in [2.75, 3.05) is 11.6 Å². The largest absolute Gasteiger partial charge is 0.419 e. The average molecular weight is 393 g/mol. The molecule has 0 aliphatic carbocycles. The second kappa shape index (κ2) is 7.26. The molecule has 0 saturated heterocycles. The van der Waals surface area contributed by atoms with E-state index in [1.54, 1.807) is 17.8 Å². The van der Waals surface area contributed by atoms with Crippen molar-refractivity contribution in [2.45, 2.75) is 24.8 Å². The fourth-order valence-corrected chi connectivity index (χ4v) is 2.60. The molecule has 0 fully saturated rings. The van der Waals surface area contributed by atoms with Gasteiger partial charge in [0.25, 0.3) is 0 Å². The molecule has 0 unspecified atom stereocenters. The Bertz CT molecular complexity index is 920. The number of hydrogen-bond donors (Lipinski definition) is 1. The number of rotatable bonds is 5. The average Bonchev–Trinajstić information content (AvgIpc) is 3.13. The molecule has 0 aliphatic heterocycles. The SMILES string of the molecule is CSC(C)(C)c1nnc(-c2ccccc2Nc2ccc(C(F)(F)F)cc2)o1. The number of nitrogens with one attached hydrogen (secondary N) is 1. The van der Waals surface area contributed by atoms with Crippen molar-refractivity contribution in [3.8, 4) is 11.5 Å². The highest BCUT2D eigenvalue weighted by molar-refractivity contribution is 7.99. The molecule has 3 aromatic rings. The maximum atomic E-state index is 12.7. The minimum Gasteiger partial charge on any atom is -0.419 e. The van der Waals surface area contributed by atoms with Crippen LogP contribution in [0.1, 0.15) is 25.3 Å². The van der Waals surface area contributed by atoms with E-state index in [-0.39, 0.29) is 4.75 Å². The van der Waals surface area contributed by atoms with E-state index >= 15 is 0 Å². The predicted octanol–water partition coefficient (Wildman–Crippen LogP) is 6.10. The summed E-state index contributed by atoms with van der Waals surface area (Å²) in [6.45, 7) is 3.97. The van der Waals surface area contributed by atoms with Gasteiger partial charge in [-0.2, -0.15) is 13.2 Å². The molecule has 0 radical (unpaired) electrons. The third-order valence-electron chi connectivity index (χ3n) is 4.10. The number of halogens is 3. The van der Waals surface area contributed by atoms with E-state index in [0.29, 0.717) is 28.7 Å². The second-order valence-electron chi connectivity index (χ2n) is 6.37. The highest BCUT2D eigenvalue weighted by Gasteiger charge is 2.30. The molecule has 27 heavy (non-hydrogen) atoms. The lowest BCUT2D eigenvalue weighted by Gasteiger charge is -2.16. The van der Waals surface area contributed by atoms with Gasteiger partial charge in [-0.3, -0.25) is 0 Å². The molecular formula is C19H18F3N3OS. The number of nitrogens with zero attached hydrogens (tertiary/aromatic N) is 2. The van der Waals surface area contributed by atoms with E-state index in [1.165, 1.54) is 12.1 Å². The normalized spacial score (nSPS) is 12.2. The van der Waals surface area contributed by atoms with Gasteiger partial charge in [-0.05, 0) is 56.5 Å². The lowest BCUT2D eigenvalue weighted by atomic mass is 10.1. The number of aromatic nitrogens is 2. The van der Waals surface area contributed by atoms with Gasteiger partial charge in [0, 0.05) is 5.69 Å². The van der Waals surface area contributed by atoms with E-state index in [0.717, 1.165) is 12.1 Å². The summed E-state index contributed by atoms with van der Waals surface area (Å²) in [4.78, 5) is 0. The summed E-state index contributed by atoms with van der Waals surface area (Å²) < 4.78 is 43.6. The maximum absolute atomic E-state index is 12.7. The van der Waals surface area contributed by atoms with Gasteiger partial charge < -0.3 is 9.73 Å². The van der Waals surface area contributed by atoms with Gasteiger partial charge >= 0.3 is 6.18 Å². The lowest BCUT2D eigenvalue weighted by molar-refractivity contribution is -0.137. The number of hydrogen-bond acceptors (Lipinski definition) is 5. The zero-order valence-electron chi connectivity index (χ0n) is 15.0. The van der Waals surface area contributed by atoms with Crippen molar-refractivity contribution in [3.63, 3.8) is 0 Å². The van der Waals surface area contributed by atoms with Crippen molar-refractivity contribution in [1.29, 1.82) is 0 Å². The number of thioether (sulfide) groups is 1. The molecule has 4 nitrogen and oxygen atoms in total. The summed E-state index contributed by atoms with van der Waals surface area (Å²) in [5.41, 5.74) is 1.17. The van der Waals surface area contributed by atoms with Gasteiger partial charge in [0.2, 0.25) is 11.8 Å². The summed E-state index contributed by atoms with van der Waals surface area (Å²) in [6.07, 6.45) is -2.40. The van der Waals surface area contributed by atoms with E-state index in [9.17, 15) is 13.2 Å². The monoisotopic (exact) mass is 393 g/mol. The Morgan fingerprint density at radius 2 is 1.63 bits per heavy atom. The van der Waals surface area contributed by atoms with Crippen molar-refractivity contribution in [1.82, 2.24) is 10.2 Å². The van der Waals surface area contributed by atoms with Crippen LogP contribution < -0.4 is 5.32 Å². The highest BCUT2D eigenvalue weighted by Crippen LogP contribution is 2.36. The molecule has 1 N–H and O–H groups in total. The Hall–Kier alpha value is -2.48. The zero-order chi connectivity index (χ0) is 19.7. The fourth-order valence-electron chi connectivity index (χ4n) is 2.34. The molecule has 0 bridgehead atoms. The van der Waals surface area contributed by atoms with Gasteiger partial charge in [-0.15, -0.1) is 22.0 Å². The smallest absolute Gasteiger partial charge is 0.416 e. The van der Waals surface area contributed by atoms with Crippen LogP contribution in [0.5, 0.6) is 0 Å². The summed E-state index contributed by atoms with van der Waals surface area (Å²) in [6, 6.07) is 12.1. The lowest BCUT2D eigenvalue weighted by Crippen LogP contribution is -2.11. The van der Waals surface area contributed by atoms with Crippen LogP contribution in [-0.2, 0) is 10.9 Å². The van der Waals surface area contributed by atoms with Crippen LogP contribution in [0.3, 0.4) is 0 Å². The molecule has 2 aromatic carbocycles. The molecule has 1 aromatic heterocycles. The van der Waals surface area contributed by atoms with Gasteiger partial charge in [-0.1, -0.05) is 12.1 Å². The zero-order valence-corrected chi connectivity index (χ0v) is 15.8. The Kier molecular flexibility index (Phi) is 5.19. The van der Waals surface area contributed by atoms with Crippen LogP contribution in [0.15, 0.2) is 52.9 Å². The second-order valence-corrected chi connectivity index (χ2v) is 7.80. The summed E-state index contributed by atoms with van der Waals surface area (Å²) >= 11 is 1.60. The number of alkyl halides is 3. The van der Waals surface area contributed by atoms with Crippen LogP contribution >= 0.6 is 11.8 Å². The van der Waals surface area contributed by atoms with Crippen LogP contribution in [0.25, 0.3) is 11.5 Å². The molecule has 0 saturated carbocycles. The minimum atomic E-state index is -4.36. The van der Waals surface area contributed by atoms with E-state index < -0.39 is 11.7 Å². The van der Waals surface area contributed by atoms with Crippen molar-refractivity contribution in [3.05, 3.63) is 60.0 Å².